The molecule has 9 heteroatoms. The summed E-state index contributed by atoms with van der Waals surface area (Å²) < 4.78 is 14.9. The van der Waals surface area contributed by atoms with Crippen LogP contribution in [-0.4, -0.2) is 44.0 Å². The lowest BCUT2D eigenvalue weighted by Gasteiger charge is -2.19. The molecule has 0 spiro atoms. The smallest absolute Gasteiger partial charge is 0.329 e. The lowest BCUT2D eigenvalue weighted by molar-refractivity contribution is -0.111. The van der Waals surface area contributed by atoms with Gasteiger partial charge in [-0.25, -0.2) is 9.89 Å². The molecule has 0 aliphatic carbocycles. The number of hydrogen-bond acceptors (Lipinski definition) is 6. The lowest BCUT2D eigenvalue weighted by atomic mass is 9.98. The number of ether oxygens (including phenoxy) is 2. The molecule has 4 rings (SSSR count). The van der Waals surface area contributed by atoms with Crippen molar-refractivity contribution in [3.8, 4) is 22.5 Å². The minimum atomic E-state index is -0.599. The third-order valence-corrected chi connectivity index (χ3v) is 6.39. The van der Waals surface area contributed by atoms with Crippen LogP contribution in [0.15, 0.2) is 53.3 Å². The van der Waals surface area contributed by atoms with E-state index in [4.69, 9.17) is 9.47 Å². The summed E-state index contributed by atoms with van der Waals surface area (Å²) >= 11 is 0. The fourth-order valence-electron chi connectivity index (χ4n) is 4.65. The van der Waals surface area contributed by atoms with Crippen molar-refractivity contribution in [1.82, 2.24) is 29.8 Å². The minimum absolute atomic E-state index is 0.0219. The summed E-state index contributed by atoms with van der Waals surface area (Å²) in [5, 5.41) is 14.3. The highest BCUT2D eigenvalue weighted by molar-refractivity contribution is 5.80. The van der Waals surface area contributed by atoms with Crippen molar-refractivity contribution in [3.63, 3.8) is 0 Å². The molecule has 1 N–H and O–H groups in total. The monoisotopic (exact) mass is 490 g/mol. The highest BCUT2D eigenvalue weighted by atomic mass is 16.7. The normalized spacial score (nSPS) is 11.6. The number of imidazole rings is 1. The average molecular weight is 491 g/mol. The number of H-pyrrole nitrogens is 1. The van der Waals surface area contributed by atoms with Gasteiger partial charge in [-0.3, -0.25) is 9.13 Å². The Hall–Kier alpha value is -3.56. The molecule has 0 saturated carbocycles. The van der Waals surface area contributed by atoms with Crippen LogP contribution in [-0.2, 0) is 22.4 Å². The van der Waals surface area contributed by atoms with E-state index in [0.29, 0.717) is 12.4 Å². The van der Waals surface area contributed by atoms with E-state index in [2.05, 4.69) is 51.8 Å². The van der Waals surface area contributed by atoms with E-state index in [1.54, 1.807) is 18.8 Å². The number of aromatic amines is 1. The van der Waals surface area contributed by atoms with Crippen LogP contribution in [0.2, 0.25) is 0 Å². The van der Waals surface area contributed by atoms with Crippen molar-refractivity contribution < 1.29 is 9.47 Å². The van der Waals surface area contributed by atoms with E-state index in [0.717, 1.165) is 52.9 Å². The van der Waals surface area contributed by atoms with Crippen LogP contribution in [0, 0.1) is 0 Å². The van der Waals surface area contributed by atoms with E-state index in [1.807, 2.05) is 42.7 Å². The molecule has 9 nitrogen and oxygen atoms in total. The number of rotatable bonds is 11. The van der Waals surface area contributed by atoms with Crippen LogP contribution in [0.4, 0.5) is 0 Å². The molecule has 0 amide bonds. The Morgan fingerprint density at radius 1 is 1.00 bits per heavy atom. The van der Waals surface area contributed by atoms with Gasteiger partial charge < -0.3 is 9.47 Å². The first-order chi connectivity index (χ1) is 17.5. The summed E-state index contributed by atoms with van der Waals surface area (Å²) in [7, 11) is 3.21. The Labute approximate surface area is 211 Å². The summed E-state index contributed by atoms with van der Waals surface area (Å²) in [5.74, 6) is 0.621. The molecular weight excluding hydrogens is 456 g/mol. The largest absolute Gasteiger partial charge is 0.350 e. The molecule has 0 atom stereocenters. The van der Waals surface area contributed by atoms with Crippen LogP contribution in [0.25, 0.3) is 22.5 Å². The molecule has 0 aliphatic rings. The molecule has 4 aromatic rings. The van der Waals surface area contributed by atoms with E-state index in [-0.39, 0.29) is 11.7 Å². The standard InChI is InChI=1S/C27H34N6O3/c1-6-7-12-23-24(26(35-4)36-5)33(18(2)3)27(34)32(23)17-19-13-15-20(16-14-19)21-10-8-9-11-22(21)25-28-30-31-29-25/h8-11,13-16,18,26H,6-7,12,17H2,1-5H3,(H,28,29,30,31). The number of nitrogens with zero attached hydrogens (tertiary/aromatic N) is 5. The molecule has 0 radical (unpaired) electrons. The third-order valence-electron chi connectivity index (χ3n) is 6.39. The van der Waals surface area contributed by atoms with Crippen molar-refractivity contribution in [2.75, 3.05) is 14.2 Å². The predicted molar refractivity (Wildman–Crippen MR) is 139 cm³/mol. The second-order valence-corrected chi connectivity index (χ2v) is 9.06. The van der Waals surface area contributed by atoms with Gasteiger partial charge in [0.2, 0.25) is 0 Å². The number of nitrogens with one attached hydrogen (secondary N) is 1. The second kappa shape index (κ2) is 11.5. The highest BCUT2D eigenvalue weighted by Crippen LogP contribution is 2.30. The van der Waals surface area contributed by atoms with Crippen LogP contribution >= 0.6 is 0 Å². The van der Waals surface area contributed by atoms with Gasteiger partial charge in [0.25, 0.3) is 0 Å². The Bertz CT molecular complexity index is 1320. The van der Waals surface area contributed by atoms with E-state index in [9.17, 15) is 4.79 Å². The molecule has 0 saturated heterocycles. The molecule has 0 bridgehead atoms. The van der Waals surface area contributed by atoms with Gasteiger partial charge in [-0.2, -0.15) is 0 Å². The topological polar surface area (TPSA) is 99.8 Å². The van der Waals surface area contributed by atoms with E-state index >= 15 is 0 Å². The zero-order valence-corrected chi connectivity index (χ0v) is 21.6. The quantitative estimate of drug-likeness (QED) is 0.304. The molecule has 2 aromatic carbocycles. The van der Waals surface area contributed by atoms with Gasteiger partial charge in [-0.15, -0.1) is 5.10 Å². The van der Waals surface area contributed by atoms with Crippen molar-refractivity contribution in [2.24, 2.45) is 0 Å². The maximum absolute atomic E-state index is 13.6. The number of benzene rings is 2. The average Bonchev–Trinajstić information content (AvgIpc) is 3.52. The van der Waals surface area contributed by atoms with Gasteiger partial charge in [-0.1, -0.05) is 61.9 Å². The fourth-order valence-corrected chi connectivity index (χ4v) is 4.65. The molecule has 0 fully saturated rings. The van der Waals surface area contributed by atoms with Gasteiger partial charge >= 0.3 is 5.69 Å². The van der Waals surface area contributed by atoms with E-state index < -0.39 is 6.29 Å². The van der Waals surface area contributed by atoms with Crippen LogP contribution in [0.3, 0.4) is 0 Å². The van der Waals surface area contributed by atoms with Gasteiger partial charge in [0, 0.05) is 31.5 Å². The summed E-state index contributed by atoms with van der Waals surface area (Å²) in [6.45, 7) is 6.64. The number of aromatic nitrogens is 6. The zero-order chi connectivity index (χ0) is 25.7. The summed E-state index contributed by atoms with van der Waals surface area (Å²) in [4.78, 5) is 13.6. The summed E-state index contributed by atoms with van der Waals surface area (Å²) in [6.07, 6.45) is 2.18. The van der Waals surface area contributed by atoms with Gasteiger partial charge in [0.15, 0.2) is 12.1 Å². The Morgan fingerprint density at radius 3 is 2.28 bits per heavy atom. The Balaban J connectivity index is 1.72. The number of methoxy groups -OCH3 is 2. The maximum Gasteiger partial charge on any atom is 0.329 e. The lowest BCUT2D eigenvalue weighted by Crippen LogP contribution is -2.28. The van der Waals surface area contributed by atoms with Gasteiger partial charge in [0.05, 0.1) is 12.2 Å². The Kier molecular flexibility index (Phi) is 8.12. The van der Waals surface area contributed by atoms with Crippen LogP contribution in [0.5, 0.6) is 0 Å². The molecule has 0 unspecified atom stereocenters. The van der Waals surface area contributed by atoms with Crippen LogP contribution in [0.1, 0.15) is 62.9 Å². The maximum atomic E-state index is 13.6. The molecule has 190 valence electrons. The molecule has 36 heavy (non-hydrogen) atoms. The first-order valence-electron chi connectivity index (χ1n) is 12.3. The second-order valence-electron chi connectivity index (χ2n) is 9.06. The Morgan fingerprint density at radius 2 is 1.69 bits per heavy atom. The first-order valence-corrected chi connectivity index (χ1v) is 12.3. The number of unbranched alkanes of at least 4 members (excludes halogenated alkanes) is 1. The van der Waals surface area contributed by atoms with Crippen LogP contribution < -0.4 is 5.69 Å². The summed E-state index contributed by atoms with van der Waals surface area (Å²) in [5.41, 5.74) is 5.77. The van der Waals surface area contributed by atoms with Crippen molar-refractivity contribution >= 4 is 0 Å². The molecule has 2 heterocycles. The minimum Gasteiger partial charge on any atom is -0.350 e. The zero-order valence-electron chi connectivity index (χ0n) is 21.6. The molecular formula is C27H34N6O3. The van der Waals surface area contributed by atoms with Gasteiger partial charge in [-0.05, 0) is 53.8 Å². The van der Waals surface area contributed by atoms with E-state index in [1.165, 1.54) is 0 Å². The highest BCUT2D eigenvalue weighted by Gasteiger charge is 2.27. The number of tetrazole rings is 1. The predicted octanol–water partition coefficient (Wildman–Crippen LogP) is 4.76. The van der Waals surface area contributed by atoms with Crippen molar-refractivity contribution in [1.29, 1.82) is 0 Å². The first kappa shape index (κ1) is 25.5. The molecule has 2 aromatic heterocycles. The fraction of sp³-hybridized carbons (Fsp3) is 0.407. The van der Waals surface area contributed by atoms with Crippen molar-refractivity contribution in [2.45, 2.75) is 58.9 Å². The number of hydrogen-bond donors (Lipinski definition) is 1. The molecule has 0 aliphatic heterocycles. The van der Waals surface area contributed by atoms with Crippen molar-refractivity contribution in [3.05, 3.63) is 76.0 Å². The SMILES string of the molecule is CCCCc1c(C(OC)OC)n(C(C)C)c(=O)n1Cc1ccc(-c2ccccc2-c2nnn[nH]2)cc1. The third kappa shape index (κ3) is 5.03. The summed E-state index contributed by atoms with van der Waals surface area (Å²) in [6, 6.07) is 16.2. The van der Waals surface area contributed by atoms with Gasteiger partial charge in [0.1, 0.15) is 0 Å².